The second-order valence-corrected chi connectivity index (χ2v) is 4.63. The van der Waals surface area contributed by atoms with Gasteiger partial charge in [0, 0.05) is 19.8 Å². The average molecular weight is 209 g/mol. The van der Waals surface area contributed by atoms with Crippen molar-refractivity contribution in [3.63, 3.8) is 0 Å². The molecular weight excluding hydrogens is 186 g/mol. The van der Waals surface area contributed by atoms with Crippen LogP contribution in [0.4, 0.5) is 5.95 Å². The molecule has 15 heavy (non-hydrogen) atoms. The fraction of sp³-hybridized carbons (Fsp3) is 0.750. The summed E-state index contributed by atoms with van der Waals surface area (Å²) in [6, 6.07) is 0. The Labute approximate surface area is 92.9 Å². The Morgan fingerprint density at radius 3 is 2.67 bits per heavy atom. The maximum Gasteiger partial charge on any atom is 0.202 e. The van der Waals surface area contributed by atoms with E-state index >= 15 is 0 Å². The van der Waals surface area contributed by atoms with Gasteiger partial charge in [-0.2, -0.15) is 0 Å². The number of nitrogens with one attached hydrogen (secondary N) is 1. The molecule has 86 valence electrons. The SMILES string of the molecule is Cc1cn(C)c(NCCCCC(C)C)n1. The summed E-state index contributed by atoms with van der Waals surface area (Å²) in [5.41, 5.74) is 1.07. The standard InChI is InChI=1S/C12H23N3/c1-10(2)7-5-6-8-13-12-14-11(3)9-15(12)4/h9-10H,5-8H2,1-4H3,(H,13,14). The monoisotopic (exact) mass is 209 g/mol. The maximum atomic E-state index is 4.39. The largest absolute Gasteiger partial charge is 0.356 e. The predicted octanol–water partition coefficient (Wildman–Crippen LogP) is 2.97. The van der Waals surface area contributed by atoms with Gasteiger partial charge in [0.15, 0.2) is 0 Å². The van der Waals surface area contributed by atoms with Crippen LogP contribution in [0.1, 0.15) is 38.8 Å². The van der Waals surface area contributed by atoms with Crippen molar-refractivity contribution in [3.8, 4) is 0 Å². The van der Waals surface area contributed by atoms with E-state index in [0.717, 1.165) is 24.1 Å². The van der Waals surface area contributed by atoms with Crippen molar-refractivity contribution in [2.24, 2.45) is 13.0 Å². The molecule has 0 saturated carbocycles. The lowest BCUT2D eigenvalue weighted by molar-refractivity contribution is 0.544. The number of imidazole rings is 1. The van der Waals surface area contributed by atoms with Gasteiger partial charge in [-0.25, -0.2) is 4.98 Å². The van der Waals surface area contributed by atoms with Crippen LogP contribution in [0.25, 0.3) is 0 Å². The van der Waals surface area contributed by atoms with Gasteiger partial charge < -0.3 is 9.88 Å². The summed E-state index contributed by atoms with van der Waals surface area (Å²) >= 11 is 0. The van der Waals surface area contributed by atoms with Crippen molar-refractivity contribution in [2.75, 3.05) is 11.9 Å². The van der Waals surface area contributed by atoms with Gasteiger partial charge in [0.2, 0.25) is 5.95 Å². The number of unbranched alkanes of at least 4 members (excludes halogenated alkanes) is 1. The molecule has 0 spiro atoms. The normalized spacial score (nSPS) is 11.0. The number of rotatable bonds is 6. The minimum Gasteiger partial charge on any atom is -0.356 e. The molecule has 3 nitrogen and oxygen atoms in total. The second kappa shape index (κ2) is 5.79. The van der Waals surface area contributed by atoms with Crippen LogP contribution in [0.2, 0.25) is 0 Å². The quantitative estimate of drug-likeness (QED) is 0.730. The lowest BCUT2D eigenvalue weighted by Crippen LogP contribution is -2.06. The van der Waals surface area contributed by atoms with E-state index < -0.39 is 0 Å². The topological polar surface area (TPSA) is 29.9 Å². The molecule has 1 N–H and O–H groups in total. The molecule has 0 fully saturated rings. The number of aryl methyl sites for hydroxylation is 2. The highest BCUT2D eigenvalue weighted by Gasteiger charge is 2.00. The Bertz CT molecular complexity index is 289. The molecule has 0 aromatic carbocycles. The number of aromatic nitrogens is 2. The summed E-state index contributed by atoms with van der Waals surface area (Å²) < 4.78 is 2.04. The lowest BCUT2D eigenvalue weighted by Gasteiger charge is -2.06. The van der Waals surface area contributed by atoms with Gasteiger partial charge >= 0.3 is 0 Å². The first-order valence-corrected chi connectivity index (χ1v) is 5.83. The Morgan fingerprint density at radius 1 is 1.40 bits per heavy atom. The Hall–Kier alpha value is -0.990. The molecule has 1 aromatic rings. The molecule has 0 radical (unpaired) electrons. The van der Waals surface area contributed by atoms with Crippen LogP contribution in [-0.2, 0) is 7.05 Å². The fourth-order valence-electron chi connectivity index (χ4n) is 1.66. The molecular formula is C12H23N3. The van der Waals surface area contributed by atoms with Crippen LogP contribution in [0, 0.1) is 12.8 Å². The molecule has 0 amide bonds. The molecule has 1 heterocycles. The minimum atomic E-state index is 0.820. The molecule has 3 heteroatoms. The molecule has 1 aromatic heterocycles. The van der Waals surface area contributed by atoms with E-state index in [9.17, 15) is 0 Å². The van der Waals surface area contributed by atoms with E-state index in [1.54, 1.807) is 0 Å². The zero-order valence-corrected chi connectivity index (χ0v) is 10.4. The van der Waals surface area contributed by atoms with Crippen LogP contribution in [0.3, 0.4) is 0 Å². The van der Waals surface area contributed by atoms with Crippen LogP contribution >= 0.6 is 0 Å². The predicted molar refractivity (Wildman–Crippen MR) is 65.1 cm³/mol. The lowest BCUT2D eigenvalue weighted by atomic mass is 10.1. The van der Waals surface area contributed by atoms with E-state index in [1.165, 1.54) is 19.3 Å². The summed E-state index contributed by atoms with van der Waals surface area (Å²) in [4.78, 5) is 4.39. The molecule has 1 rings (SSSR count). The van der Waals surface area contributed by atoms with E-state index in [2.05, 4.69) is 24.1 Å². The molecule has 0 saturated heterocycles. The molecule has 0 aliphatic heterocycles. The van der Waals surface area contributed by atoms with Crippen LogP contribution in [-0.4, -0.2) is 16.1 Å². The van der Waals surface area contributed by atoms with Crippen LogP contribution in [0.5, 0.6) is 0 Å². The third kappa shape index (κ3) is 4.36. The molecule has 0 unspecified atom stereocenters. The third-order valence-corrected chi connectivity index (χ3v) is 2.49. The number of nitrogens with zero attached hydrogens (tertiary/aromatic N) is 2. The fourth-order valence-corrected chi connectivity index (χ4v) is 1.66. The van der Waals surface area contributed by atoms with Crippen molar-refractivity contribution in [3.05, 3.63) is 11.9 Å². The van der Waals surface area contributed by atoms with Gasteiger partial charge in [-0.15, -0.1) is 0 Å². The smallest absolute Gasteiger partial charge is 0.202 e. The maximum absolute atomic E-state index is 4.39. The zero-order valence-electron chi connectivity index (χ0n) is 10.4. The highest BCUT2D eigenvalue weighted by atomic mass is 15.2. The van der Waals surface area contributed by atoms with Crippen molar-refractivity contribution in [1.29, 1.82) is 0 Å². The van der Waals surface area contributed by atoms with E-state index in [0.29, 0.717) is 0 Å². The van der Waals surface area contributed by atoms with E-state index in [4.69, 9.17) is 0 Å². The second-order valence-electron chi connectivity index (χ2n) is 4.63. The first kappa shape index (κ1) is 12.1. The summed E-state index contributed by atoms with van der Waals surface area (Å²) in [5.74, 6) is 1.80. The Balaban J connectivity index is 2.17. The van der Waals surface area contributed by atoms with Crippen LogP contribution in [0.15, 0.2) is 6.20 Å². The van der Waals surface area contributed by atoms with Crippen molar-refractivity contribution in [2.45, 2.75) is 40.0 Å². The number of anilines is 1. The molecule has 0 aliphatic rings. The highest BCUT2D eigenvalue weighted by molar-refractivity contribution is 5.27. The summed E-state index contributed by atoms with van der Waals surface area (Å²) in [7, 11) is 2.02. The summed E-state index contributed by atoms with van der Waals surface area (Å²) in [5, 5.41) is 3.36. The number of hydrogen-bond acceptors (Lipinski definition) is 2. The zero-order chi connectivity index (χ0) is 11.3. The molecule has 0 aliphatic carbocycles. The van der Waals surface area contributed by atoms with Crippen LogP contribution < -0.4 is 5.32 Å². The van der Waals surface area contributed by atoms with Gasteiger partial charge in [0.05, 0.1) is 5.69 Å². The molecule has 0 atom stereocenters. The van der Waals surface area contributed by atoms with Gasteiger partial charge in [0.25, 0.3) is 0 Å². The van der Waals surface area contributed by atoms with Gasteiger partial charge in [-0.05, 0) is 19.3 Å². The van der Waals surface area contributed by atoms with Crippen molar-refractivity contribution >= 4 is 5.95 Å². The molecule has 0 bridgehead atoms. The summed E-state index contributed by atoms with van der Waals surface area (Å²) in [6.07, 6.45) is 5.88. The highest BCUT2D eigenvalue weighted by Crippen LogP contribution is 2.08. The Morgan fingerprint density at radius 2 is 2.13 bits per heavy atom. The van der Waals surface area contributed by atoms with E-state index in [1.807, 2.05) is 24.7 Å². The average Bonchev–Trinajstić information content (AvgIpc) is 2.44. The van der Waals surface area contributed by atoms with Crippen molar-refractivity contribution in [1.82, 2.24) is 9.55 Å². The van der Waals surface area contributed by atoms with Gasteiger partial charge in [-0.1, -0.05) is 26.7 Å². The Kier molecular flexibility index (Phi) is 4.66. The number of hydrogen-bond donors (Lipinski definition) is 1. The third-order valence-electron chi connectivity index (χ3n) is 2.49. The van der Waals surface area contributed by atoms with Gasteiger partial charge in [0.1, 0.15) is 0 Å². The summed E-state index contributed by atoms with van der Waals surface area (Å²) in [6.45, 7) is 7.59. The van der Waals surface area contributed by atoms with Gasteiger partial charge in [-0.3, -0.25) is 0 Å². The first-order chi connectivity index (χ1) is 7.09. The minimum absolute atomic E-state index is 0.820. The van der Waals surface area contributed by atoms with E-state index in [-0.39, 0.29) is 0 Å². The van der Waals surface area contributed by atoms with Crippen molar-refractivity contribution < 1.29 is 0 Å². The first-order valence-electron chi connectivity index (χ1n) is 5.83.